The molecule has 0 amide bonds. The quantitative estimate of drug-likeness (QED) is 0.671. The third-order valence-electron chi connectivity index (χ3n) is 3.52. The number of rotatable bonds is 7. The van der Waals surface area contributed by atoms with E-state index in [0.29, 0.717) is 12.3 Å². The first-order valence-electron chi connectivity index (χ1n) is 6.64. The van der Waals surface area contributed by atoms with E-state index < -0.39 is 9.84 Å². The number of nitrogens with one attached hydrogen (secondary N) is 1. The van der Waals surface area contributed by atoms with Crippen LogP contribution in [0, 0.1) is 5.92 Å². The largest absolute Gasteiger partial charge is 0.393 e. The molecule has 0 aromatic carbocycles. The van der Waals surface area contributed by atoms with E-state index in [1.54, 1.807) is 6.92 Å². The molecule has 0 spiro atoms. The van der Waals surface area contributed by atoms with Crippen molar-refractivity contribution in [1.82, 2.24) is 5.32 Å². The van der Waals surface area contributed by atoms with Gasteiger partial charge >= 0.3 is 0 Å². The van der Waals surface area contributed by atoms with Gasteiger partial charge in [0.25, 0.3) is 0 Å². The van der Waals surface area contributed by atoms with Gasteiger partial charge in [-0.1, -0.05) is 19.8 Å². The molecular weight excluding hydrogens is 238 g/mol. The average molecular weight is 263 g/mol. The van der Waals surface area contributed by atoms with Crippen LogP contribution in [0.15, 0.2) is 0 Å². The van der Waals surface area contributed by atoms with Gasteiger partial charge in [0, 0.05) is 12.3 Å². The Morgan fingerprint density at radius 3 is 2.65 bits per heavy atom. The Labute approximate surface area is 105 Å². The summed E-state index contributed by atoms with van der Waals surface area (Å²) in [6, 6.07) is 0. The van der Waals surface area contributed by atoms with Crippen LogP contribution in [0.4, 0.5) is 0 Å². The zero-order chi connectivity index (χ0) is 12.7. The lowest BCUT2D eigenvalue weighted by molar-refractivity contribution is 0.0698. The highest BCUT2D eigenvalue weighted by molar-refractivity contribution is 7.91. The lowest BCUT2D eigenvalue weighted by Gasteiger charge is -2.27. The molecule has 4 nitrogen and oxygen atoms in total. The van der Waals surface area contributed by atoms with Crippen molar-refractivity contribution in [2.24, 2.45) is 5.92 Å². The van der Waals surface area contributed by atoms with Crippen LogP contribution in [-0.4, -0.2) is 44.2 Å². The highest BCUT2D eigenvalue weighted by Crippen LogP contribution is 2.23. The number of hydrogen-bond acceptors (Lipinski definition) is 4. The standard InChI is InChI=1S/C12H25NO3S/c1-2-17(15,16)9-5-8-13-10-11-6-3-4-7-12(11)14/h11-14H,2-10H2,1H3. The van der Waals surface area contributed by atoms with Crippen LogP contribution in [0.3, 0.4) is 0 Å². The van der Waals surface area contributed by atoms with Crippen LogP contribution in [0.25, 0.3) is 0 Å². The summed E-state index contributed by atoms with van der Waals surface area (Å²) in [6.07, 6.45) is 4.83. The van der Waals surface area contributed by atoms with Gasteiger partial charge in [0.2, 0.25) is 0 Å². The number of aliphatic hydroxyl groups excluding tert-OH is 1. The van der Waals surface area contributed by atoms with Crippen molar-refractivity contribution in [2.75, 3.05) is 24.6 Å². The van der Waals surface area contributed by atoms with E-state index in [2.05, 4.69) is 5.32 Å². The molecule has 2 N–H and O–H groups in total. The molecule has 1 rings (SSSR count). The Hall–Kier alpha value is -0.130. The van der Waals surface area contributed by atoms with Gasteiger partial charge < -0.3 is 10.4 Å². The van der Waals surface area contributed by atoms with Crippen LogP contribution < -0.4 is 5.32 Å². The van der Waals surface area contributed by atoms with Gasteiger partial charge in [-0.25, -0.2) is 8.42 Å². The second kappa shape index (κ2) is 7.34. The molecule has 2 unspecified atom stereocenters. The van der Waals surface area contributed by atoms with Gasteiger partial charge in [0.1, 0.15) is 9.84 Å². The maximum absolute atomic E-state index is 11.2. The second-order valence-electron chi connectivity index (χ2n) is 4.91. The Balaban J connectivity index is 2.08. The van der Waals surface area contributed by atoms with E-state index in [-0.39, 0.29) is 17.6 Å². The van der Waals surface area contributed by atoms with Crippen LogP contribution in [0.2, 0.25) is 0 Å². The summed E-state index contributed by atoms with van der Waals surface area (Å²) in [7, 11) is -2.82. The topological polar surface area (TPSA) is 66.4 Å². The van der Waals surface area contributed by atoms with Crippen molar-refractivity contribution in [2.45, 2.75) is 45.1 Å². The molecule has 0 heterocycles. The SMILES string of the molecule is CCS(=O)(=O)CCCNCC1CCCCC1O. The third-order valence-corrected chi connectivity index (χ3v) is 5.31. The van der Waals surface area contributed by atoms with Crippen LogP contribution in [0.5, 0.6) is 0 Å². The highest BCUT2D eigenvalue weighted by atomic mass is 32.2. The van der Waals surface area contributed by atoms with E-state index in [0.717, 1.165) is 32.4 Å². The summed E-state index contributed by atoms with van der Waals surface area (Å²) < 4.78 is 22.5. The molecule has 0 aromatic heterocycles. The first kappa shape index (κ1) is 14.9. The molecule has 1 aliphatic carbocycles. The predicted molar refractivity (Wildman–Crippen MR) is 69.8 cm³/mol. The minimum Gasteiger partial charge on any atom is -0.393 e. The Bertz CT molecular complexity index is 303. The van der Waals surface area contributed by atoms with E-state index >= 15 is 0 Å². The van der Waals surface area contributed by atoms with Crippen molar-refractivity contribution in [3.63, 3.8) is 0 Å². The molecule has 1 saturated carbocycles. The molecule has 1 fully saturated rings. The summed E-state index contributed by atoms with van der Waals surface area (Å²) in [6.45, 7) is 3.22. The molecular formula is C12H25NO3S. The van der Waals surface area contributed by atoms with Crippen molar-refractivity contribution >= 4 is 9.84 Å². The Kier molecular flexibility index (Phi) is 6.44. The Morgan fingerprint density at radius 2 is 2.00 bits per heavy atom. The van der Waals surface area contributed by atoms with Crippen LogP contribution in [0.1, 0.15) is 39.0 Å². The van der Waals surface area contributed by atoms with E-state index in [9.17, 15) is 13.5 Å². The summed E-state index contributed by atoms with van der Waals surface area (Å²) in [4.78, 5) is 0. The van der Waals surface area contributed by atoms with E-state index in [1.165, 1.54) is 6.42 Å². The zero-order valence-electron chi connectivity index (χ0n) is 10.7. The molecule has 0 bridgehead atoms. The number of aliphatic hydroxyl groups is 1. The number of sulfone groups is 1. The van der Waals surface area contributed by atoms with Crippen LogP contribution in [-0.2, 0) is 9.84 Å². The van der Waals surface area contributed by atoms with Crippen molar-refractivity contribution in [3.8, 4) is 0 Å². The van der Waals surface area contributed by atoms with Gasteiger partial charge in [-0.15, -0.1) is 0 Å². The summed E-state index contributed by atoms with van der Waals surface area (Å²) >= 11 is 0. The minimum absolute atomic E-state index is 0.171. The maximum Gasteiger partial charge on any atom is 0.150 e. The molecule has 1 aliphatic rings. The van der Waals surface area contributed by atoms with E-state index in [4.69, 9.17) is 0 Å². The predicted octanol–water partition coefficient (Wildman–Crippen LogP) is 0.952. The molecule has 17 heavy (non-hydrogen) atoms. The summed E-state index contributed by atoms with van der Waals surface area (Å²) in [5.74, 6) is 0.851. The zero-order valence-corrected chi connectivity index (χ0v) is 11.5. The van der Waals surface area contributed by atoms with E-state index in [1.807, 2.05) is 0 Å². The monoisotopic (exact) mass is 263 g/mol. The molecule has 0 saturated heterocycles. The van der Waals surface area contributed by atoms with Gasteiger partial charge in [-0.2, -0.15) is 0 Å². The van der Waals surface area contributed by atoms with Gasteiger partial charge in [-0.3, -0.25) is 0 Å². The molecule has 0 radical (unpaired) electrons. The lowest BCUT2D eigenvalue weighted by atomic mass is 9.86. The molecule has 0 aromatic rings. The van der Waals surface area contributed by atoms with Gasteiger partial charge in [-0.05, 0) is 31.7 Å². The third kappa shape index (κ3) is 5.84. The van der Waals surface area contributed by atoms with Crippen molar-refractivity contribution in [3.05, 3.63) is 0 Å². The fraction of sp³-hybridized carbons (Fsp3) is 1.00. The molecule has 0 aliphatic heterocycles. The molecule has 5 heteroatoms. The highest BCUT2D eigenvalue weighted by Gasteiger charge is 2.22. The normalized spacial score (nSPS) is 26.0. The van der Waals surface area contributed by atoms with Gasteiger partial charge in [0.05, 0.1) is 11.9 Å². The lowest BCUT2D eigenvalue weighted by Crippen LogP contribution is -2.34. The van der Waals surface area contributed by atoms with Crippen LogP contribution >= 0.6 is 0 Å². The van der Waals surface area contributed by atoms with Crippen molar-refractivity contribution in [1.29, 1.82) is 0 Å². The average Bonchev–Trinajstić information content (AvgIpc) is 2.31. The number of hydrogen-bond donors (Lipinski definition) is 2. The molecule has 2 atom stereocenters. The first-order valence-corrected chi connectivity index (χ1v) is 8.46. The smallest absolute Gasteiger partial charge is 0.150 e. The Morgan fingerprint density at radius 1 is 1.29 bits per heavy atom. The summed E-state index contributed by atoms with van der Waals surface area (Å²) in [5, 5.41) is 13.0. The van der Waals surface area contributed by atoms with Crippen molar-refractivity contribution < 1.29 is 13.5 Å². The molecule has 102 valence electrons. The maximum atomic E-state index is 11.2. The second-order valence-corrected chi connectivity index (χ2v) is 7.38. The minimum atomic E-state index is -2.82. The fourth-order valence-corrected chi connectivity index (χ4v) is 3.15. The summed E-state index contributed by atoms with van der Waals surface area (Å²) in [5.41, 5.74) is 0. The first-order chi connectivity index (χ1) is 8.05. The fourth-order valence-electron chi connectivity index (χ4n) is 2.28. The van der Waals surface area contributed by atoms with Gasteiger partial charge in [0.15, 0.2) is 0 Å².